The Morgan fingerprint density at radius 1 is 1.33 bits per heavy atom. The standard InChI is InChI=1S/C12H14N3/c1-8-4-5-11-12(6-8)14-9(2)7-10(3)15(14)13-11/h4-7,9H,1-3H3/q+1. The van der Waals surface area contributed by atoms with E-state index in [1.807, 2.05) is 4.80 Å². The monoisotopic (exact) mass is 200 g/mol. The van der Waals surface area contributed by atoms with Crippen LogP contribution in [-0.2, 0) is 0 Å². The number of fused-ring (bicyclic) bond motifs is 3. The average Bonchev–Trinajstić information content (AvgIpc) is 2.67. The van der Waals surface area contributed by atoms with Crippen LogP contribution in [0.15, 0.2) is 24.3 Å². The van der Waals surface area contributed by atoms with Gasteiger partial charge in [0, 0.05) is 0 Å². The lowest BCUT2D eigenvalue weighted by Gasteiger charge is -1.97. The molecular formula is C12H14N3+. The maximum absolute atomic E-state index is 4.58. The highest BCUT2D eigenvalue weighted by molar-refractivity contribution is 5.72. The molecule has 3 heteroatoms. The van der Waals surface area contributed by atoms with Crippen LogP contribution in [0.1, 0.15) is 25.5 Å². The topological polar surface area (TPSA) is 21.7 Å². The molecule has 0 fully saturated rings. The van der Waals surface area contributed by atoms with Crippen molar-refractivity contribution in [2.75, 3.05) is 0 Å². The largest absolute Gasteiger partial charge is 0.249 e. The minimum absolute atomic E-state index is 0.400. The van der Waals surface area contributed by atoms with Crippen LogP contribution in [0.3, 0.4) is 0 Å². The number of aryl methyl sites for hydroxylation is 1. The fraction of sp³-hybridized carbons (Fsp3) is 0.333. The van der Waals surface area contributed by atoms with E-state index in [1.54, 1.807) is 0 Å². The first-order chi connectivity index (χ1) is 7.16. The second-order valence-electron chi connectivity index (χ2n) is 4.27. The van der Waals surface area contributed by atoms with E-state index in [2.05, 4.69) is 54.8 Å². The van der Waals surface area contributed by atoms with Crippen molar-refractivity contribution in [3.63, 3.8) is 0 Å². The molecule has 1 aromatic carbocycles. The average molecular weight is 200 g/mol. The molecule has 1 unspecified atom stereocenters. The number of nitrogens with zero attached hydrogens (tertiary/aromatic N) is 3. The van der Waals surface area contributed by atoms with Crippen molar-refractivity contribution < 1.29 is 4.68 Å². The van der Waals surface area contributed by atoms with Gasteiger partial charge in [-0.3, -0.25) is 0 Å². The van der Waals surface area contributed by atoms with Crippen molar-refractivity contribution in [3.8, 4) is 0 Å². The van der Waals surface area contributed by atoms with E-state index in [9.17, 15) is 0 Å². The molecule has 1 aliphatic rings. The molecule has 0 saturated carbocycles. The van der Waals surface area contributed by atoms with E-state index in [4.69, 9.17) is 0 Å². The second-order valence-corrected chi connectivity index (χ2v) is 4.27. The summed E-state index contributed by atoms with van der Waals surface area (Å²) in [7, 11) is 0. The Balaban J connectivity index is 2.41. The van der Waals surface area contributed by atoms with Crippen LogP contribution < -0.4 is 4.68 Å². The second kappa shape index (κ2) is 2.69. The first kappa shape index (κ1) is 8.65. The zero-order chi connectivity index (χ0) is 10.6. The normalized spacial score (nSPS) is 19.4. The van der Waals surface area contributed by atoms with Crippen LogP contribution in [0.25, 0.3) is 16.7 Å². The van der Waals surface area contributed by atoms with Gasteiger partial charge in [0.05, 0.1) is 5.10 Å². The van der Waals surface area contributed by atoms with E-state index in [-0.39, 0.29) is 0 Å². The van der Waals surface area contributed by atoms with Crippen molar-refractivity contribution >= 4 is 16.7 Å². The Morgan fingerprint density at radius 2 is 2.13 bits per heavy atom. The highest BCUT2D eigenvalue weighted by Gasteiger charge is 2.28. The lowest BCUT2D eigenvalue weighted by Crippen LogP contribution is -2.41. The van der Waals surface area contributed by atoms with Gasteiger partial charge in [-0.15, -0.1) is 4.68 Å². The maximum Gasteiger partial charge on any atom is 0.249 e. The molecule has 0 spiro atoms. The predicted molar refractivity (Wildman–Crippen MR) is 59.3 cm³/mol. The molecule has 0 bridgehead atoms. The Morgan fingerprint density at radius 3 is 2.93 bits per heavy atom. The maximum atomic E-state index is 4.58. The zero-order valence-electron chi connectivity index (χ0n) is 9.23. The highest BCUT2D eigenvalue weighted by Crippen LogP contribution is 2.19. The van der Waals surface area contributed by atoms with E-state index in [0.29, 0.717) is 6.04 Å². The van der Waals surface area contributed by atoms with Crippen molar-refractivity contribution in [1.29, 1.82) is 0 Å². The van der Waals surface area contributed by atoms with Crippen LogP contribution in [0.5, 0.6) is 0 Å². The predicted octanol–water partition coefficient (Wildman–Crippen LogP) is 2.07. The van der Waals surface area contributed by atoms with Crippen molar-refractivity contribution in [2.24, 2.45) is 0 Å². The molecule has 15 heavy (non-hydrogen) atoms. The fourth-order valence-corrected chi connectivity index (χ4v) is 2.28. The summed E-state index contributed by atoms with van der Waals surface area (Å²) in [5.41, 5.74) is 4.77. The summed E-state index contributed by atoms with van der Waals surface area (Å²) < 4.78 is 2.23. The van der Waals surface area contributed by atoms with Gasteiger partial charge in [-0.25, -0.2) is 0 Å². The molecule has 3 nitrogen and oxygen atoms in total. The zero-order valence-corrected chi connectivity index (χ0v) is 9.23. The summed E-state index contributed by atoms with van der Waals surface area (Å²) in [6.45, 7) is 6.40. The number of allylic oxidation sites excluding steroid dienone is 2. The number of benzene rings is 1. The first-order valence-electron chi connectivity index (χ1n) is 5.27. The third-order valence-electron chi connectivity index (χ3n) is 2.97. The highest BCUT2D eigenvalue weighted by atomic mass is 15.6. The molecule has 0 radical (unpaired) electrons. The van der Waals surface area contributed by atoms with Gasteiger partial charge in [-0.2, -0.15) is 0 Å². The summed E-state index contributed by atoms with van der Waals surface area (Å²) >= 11 is 0. The van der Waals surface area contributed by atoms with Gasteiger partial charge in [-0.05, 0) is 49.3 Å². The Labute approximate surface area is 88.6 Å². The van der Waals surface area contributed by atoms with Gasteiger partial charge in [0.15, 0.2) is 0 Å². The minimum Gasteiger partial charge on any atom is -0.141 e. The summed E-state index contributed by atoms with van der Waals surface area (Å²) in [5.74, 6) is 0. The van der Waals surface area contributed by atoms with Crippen molar-refractivity contribution in [3.05, 3.63) is 29.8 Å². The Hall–Kier alpha value is -1.64. The SMILES string of the molecule is CC1=CC(C)[n+]2c3cc(C)ccc3nn21. The molecule has 0 amide bonds. The Bertz CT molecular complexity index is 578. The fourth-order valence-electron chi connectivity index (χ4n) is 2.28. The van der Waals surface area contributed by atoms with Gasteiger partial charge in [0.25, 0.3) is 0 Å². The molecule has 0 aliphatic carbocycles. The van der Waals surface area contributed by atoms with Crippen LogP contribution in [0, 0.1) is 6.92 Å². The van der Waals surface area contributed by atoms with E-state index < -0.39 is 0 Å². The van der Waals surface area contributed by atoms with E-state index in [0.717, 1.165) is 5.52 Å². The summed E-state index contributed by atoms with van der Waals surface area (Å²) in [6, 6.07) is 6.79. The van der Waals surface area contributed by atoms with E-state index >= 15 is 0 Å². The smallest absolute Gasteiger partial charge is 0.141 e. The van der Waals surface area contributed by atoms with Crippen molar-refractivity contribution in [1.82, 2.24) is 9.90 Å². The molecule has 0 N–H and O–H groups in total. The molecular weight excluding hydrogens is 186 g/mol. The number of aromatic nitrogens is 3. The van der Waals surface area contributed by atoms with Gasteiger partial charge >= 0.3 is 0 Å². The Kier molecular flexibility index (Phi) is 1.55. The van der Waals surface area contributed by atoms with Crippen LogP contribution in [0.2, 0.25) is 0 Å². The summed E-state index contributed by atoms with van der Waals surface area (Å²) in [6.07, 6.45) is 2.23. The van der Waals surface area contributed by atoms with Gasteiger partial charge in [-0.1, -0.05) is 6.07 Å². The molecule has 76 valence electrons. The van der Waals surface area contributed by atoms with E-state index in [1.165, 1.54) is 16.8 Å². The van der Waals surface area contributed by atoms with Gasteiger partial charge < -0.3 is 0 Å². The van der Waals surface area contributed by atoms with Crippen LogP contribution in [0.4, 0.5) is 0 Å². The molecule has 2 aromatic rings. The molecule has 1 atom stereocenters. The van der Waals surface area contributed by atoms with Crippen LogP contribution in [-0.4, -0.2) is 9.90 Å². The number of rotatable bonds is 0. The van der Waals surface area contributed by atoms with Crippen LogP contribution >= 0.6 is 0 Å². The van der Waals surface area contributed by atoms with Crippen molar-refractivity contribution in [2.45, 2.75) is 26.8 Å². The molecule has 2 heterocycles. The summed E-state index contributed by atoms with van der Waals surface area (Å²) in [4.78, 5) is 1.99. The number of hydrogen-bond acceptors (Lipinski definition) is 1. The summed E-state index contributed by atoms with van der Waals surface area (Å²) in [5, 5.41) is 4.58. The lowest BCUT2D eigenvalue weighted by molar-refractivity contribution is -0.751. The van der Waals surface area contributed by atoms with Gasteiger partial charge in [0.1, 0.15) is 11.7 Å². The number of hydrogen-bond donors (Lipinski definition) is 0. The molecule has 1 aromatic heterocycles. The molecule has 1 aliphatic heterocycles. The molecule has 3 rings (SSSR count). The molecule has 0 saturated heterocycles. The third-order valence-corrected chi connectivity index (χ3v) is 2.97. The quantitative estimate of drug-likeness (QED) is 0.597. The first-order valence-corrected chi connectivity index (χ1v) is 5.27. The third kappa shape index (κ3) is 1.06. The lowest BCUT2D eigenvalue weighted by atomic mass is 10.2. The minimum atomic E-state index is 0.400. The van der Waals surface area contributed by atoms with Gasteiger partial charge in [0.2, 0.25) is 11.0 Å².